The molecule has 79 heavy (non-hydrogen) atoms. The van der Waals surface area contributed by atoms with Crippen molar-refractivity contribution in [2.24, 2.45) is 0 Å². The van der Waals surface area contributed by atoms with Crippen molar-refractivity contribution < 1.29 is 144 Å². The van der Waals surface area contributed by atoms with E-state index in [4.69, 9.17) is 56.8 Å². The van der Waals surface area contributed by atoms with Gasteiger partial charge in [0.1, 0.15) is 104 Å². The van der Waals surface area contributed by atoms with E-state index in [2.05, 4.69) is 0 Å². The van der Waals surface area contributed by atoms with Crippen molar-refractivity contribution in [2.75, 3.05) is 19.8 Å². The average molecular weight is 1150 g/mol. The highest BCUT2D eigenvalue weighted by molar-refractivity contribution is 5.07. The lowest BCUT2D eigenvalue weighted by Gasteiger charge is -2.52. The smallest absolute Gasteiger partial charge is 0.229 e. The van der Waals surface area contributed by atoms with Crippen molar-refractivity contribution in [3.8, 4) is 0 Å². The molecule has 29 heteroatoms. The highest BCUT2D eigenvalue weighted by Crippen LogP contribution is 2.40. The quantitative estimate of drug-likeness (QED) is 0.0289. The molecule has 0 aromatic heterocycles. The van der Waals surface area contributed by atoms with Gasteiger partial charge in [0.2, 0.25) is 12.1 Å². The van der Waals surface area contributed by atoms with Gasteiger partial charge in [-0.1, -0.05) is 23.3 Å². The summed E-state index contributed by atoms with van der Waals surface area (Å²) in [4.78, 5) is 0. The van der Waals surface area contributed by atoms with E-state index in [1.165, 1.54) is 34.0 Å². The second-order valence-corrected chi connectivity index (χ2v) is 21.3. The molecule has 0 bridgehead atoms. The summed E-state index contributed by atoms with van der Waals surface area (Å²) in [7, 11) is 0. The third kappa shape index (κ3) is 15.2. The molecule has 6 fully saturated rings. The summed E-state index contributed by atoms with van der Waals surface area (Å²) in [5.41, 5.74) is 2.27. The van der Waals surface area contributed by atoms with Gasteiger partial charge in [0, 0.05) is 0 Å². The number of hydrogen-bond acceptors (Lipinski definition) is 29. The largest absolute Gasteiger partial charge is 0.470 e. The maximum absolute atomic E-state index is 12.2. The monoisotopic (exact) mass is 1150 g/mol. The standard InChI is InChI=1S/C50H84O29/c1-18(10-8-12-19(2)16-68-48-41(77-45-37(63)33(59)28(54)22(5)71-45)40(31(57)25(14-51)74-48)76-44-36(62)32(58)27(53)21(4)70-44)11-9-13-20(3)17-69-49-43(78-46-38(64)34(60)29(55)23(6)72-46)50(67,42(66)26(15-52)75-49)79-47-39(65)35(61)30(56)24(7)73-47/h10,13,16,21-49,51-67H,8-9,11-12,14-15,17H2,1-7H3. The molecule has 6 heterocycles. The zero-order valence-electron chi connectivity index (χ0n) is 44.9. The van der Waals surface area contributed by atoms with Crippen LogP contribution in [0.2, 0.25) is 0 Å². The van der Waals surface area contributed by atoms with Crippen LogP contribution in [0, 0.1) is 0 Å². The lowest BCUT2D eigenvalue weighted by molar-refractivity contribution is -0.460. The molecule has 6 aliphatic heterocycles. The summed E-state index contributed by atoms with van der Waals surface area (Å²) in [5, 5.41) is 182. The molecule has 0 radical (unpaired) electrons. The third-order valence-electron chi connectivity index (χ3n) is 15.1. The number of allylic oxidation sites excluding steroid dienone is 4. The van der Waals surface area contributed by atoms with Gasteiger partial charge < -0.3 is 144 Å². The fourth-order valence-electron chi connectivity index (χ4n) is 9.80. The van der Waals surface area contributed by atoms with Gasteiger partial charge in [0.05, 0.1) is 50.5 Å². The molecule has 30 unspecified atom stereocenters. The molecule has 6 saturated heterocycles. The molecular formula is C50H84O29. The van der Waals surface area contributed by atoms with Crippen molar-refractivity contribution in [3.05, 3.63) is 35.1 Å². The van der Waals surface area contributed by atoms with Crippen molar-refractivity contribution in [2.45, 2.75) is 258 Å². The van der Waals surface area contributed by atoms with Gasteiger partial charge >= 0.3 is 0 Å². The Morgan fingerprint density at radius 3 is 1.32 bits per heavy atom. The molecule has 6 rings (SSSR count). The molecule has 0 aromatic carbocycles. The molecule has 0 aromatic rings. The highest BCUT2D eigenvalue weighted by Gasteiger charge is 2.63. The second kappa shape index (κ2) is 28.7. The Morgan fingerprint density at radius 2 is 0.835 bits per heavy atom. The zero-order valence-corrected chi connectivity index (χ0v) is 44.9. The van der Waals surface area contributed by atoms with E-state index < -0.39 is 197 Å². The minimum atomic E-state index is -3.06. The predicted molar refractivity (Wildman–Crippen MR) is 260 cm³/mol. The van der Waals surface area contributed by atoms with Crippen LogP contribution in [0.5, 0.6) is 0 Å². The van der Waals surface area contributed by atoms with E-state index in [-0.39, 0.29) is 6.61 Å². The summed E-state index contributed by atoms with van der Waals surface area (Å²) < 4.78 is 69.9. The van der Waals surface area contributed by atoms with E-state index in [9.17, 15) is 86.8 Å². The van der Waals surface area contributed by atoms with Gasteiger partial charge in [-0.05, 0) is 79.7 Å². The van der Waals surface area contributed by atoms with Crippen molar-refractivity contribution in [1.82, 2.24) is 0 Å². The highest BCUT2D eigenvalue weighted by atomic mass is 16.8. The van der Waals surface area contributed by atoms with E-state index in [0.29, 0.717) is 36.8 Å². The van der Waals surface area contributed by atoms with Crippen LogP contribution < -0.4 is 0 Å². The Hall–Kier alpha value is -2.10. The molecule has 0 spiro atoms. The average Bonchev–Trinajstić information content (AvgIpc) is 3.41. The number of rotatable bonds is 21. The summed E-state index contributed by atoms with van der Waals surface area (Å²) in [6.45, 7) is 9.01. The molecule has 0 aliphatic carbocycles. The number of ether oxygens (including phenoxy) is 12. The zero-order chi connectivity index (χ0) is 58.5. The van der Waals surface area contributed by atoms with Crippen LogP contribution >= 0.6 is 0 Å². The Balaban J connectivity index is 1.10. The minimum absolute atomic E-state index is 0.222. The molecule has 6 aliphatic rings. The summed E-state index contributed by atoms with van der Waals surface area (Å²) in [6.07, 6.45) is -40.5. The molecule has 30 atom stereocenters. The van der Waals surface area contributed by atoms with Crippen LogP contribution in [0.3, 0.4) is 0 Å². The Kier molecular flexibility index (Phi) is 24.0. The van der Waals surface area contributed by atoms with E-state index in [1.54, 1.807) is 13.8 Å². The number of aliphatic hydroxyl groups excluding tert-OH is 16. The lowest BCUT2D eigenvalue weighted by Crippen LogP contribution is -2.73. The normalized spacial score (nSPS) is 48.7. The first-order valence-electron chi connectivity index (χ1n) is 26.4. The molecular weight excluding hydrogens is 1060 g/mol. The van der Waals surface area contributed by atoms with Gasteiger partial charge in [-0.15, -0.1) is 0 Å². The van der Waals surface area contributed by atoms with Crippen LogP contribution in [0.25, 0.3) is 0 Å². The summed E-state index contributed by atoms with van der Waals surface area (Å²) >= 11 is 0. The molecule has 17 N–H and O–H groups in total. The second-order valence-electron chi connectivity index (χ2n) is 21.3. The first-order valence-corrected chi connectivity index (χ1v) is 26.4. The molecule has 0 saturated carbocycles. The SMILES string of the molecule is CC(=CCCC(C)=COC1OC(CO)C(O)C(OC2OC(C)C(O)C(O)C2O)C1OC1OC(C)C(O)C(O)C1O)CCC=C(C)COC1OC(CO)C(O)C(O)(OC2OC(C)C(O)C(O)C2O)C1OC1OC(C)C(O)C(O)C1O. The van der Waals surface area contributed by atoms with Gasteiger partial charge in [0.25, 0.3) is 0 Å². The first-order chi connectivity index (χ1) is 37.1. The Morgan fingerprint density at radius 1 is 0.430 bits per heavy atom. The van der Waals surface area contributed by atoms with E-state index in [0.717, 1.165) is 5.57 Å². The number of hydrogen-bond donors (Lipinski definition) is 17. The van der Waals surface area contributed by atoms with Crippen molar-refractivity contribution in [1.29, 1.82) is 0 Å². The number of aliphatic hydroxyl groups is 17. The van der Waals surface area contributed by atoms with Crippen molar-refractivity contribution in [3.63, 3.8) is 0 Å². The van der Waals surface area contributed by atoms with E-state index in [1.807, 2.05) is 19.1 Å². The first kappa shape index (κ1) is 66.0. The summed E-state index contributed by atoms with van der Waals surface area (Å²) in [6, 6.07) is 0. The van der Waals surface area contributed by atoms with Gasteiger partial charge in [-0.3, -0.25) is 0 Å². The van der Waals surface area contributed by atoms with Crippen LogP contribution in [0.15, 0.2) is 35.1 Å². The maximum atomic E-state index is 12.2. The van der Waals surface area contributed by atoms with Crippen LogP contribution in [0.4, 0.5) is 0 Å². The fourth-order valence-corrected chi connectivity index (χ4v) is 9.80. The third-order valence-corrected chi connectivity index (χ3v) is 15.1. The predicted octanol–water partition coefficient (Wildman–Crippen LogP) is -6.30. The van der Waals surface area contributed by atoms with Crippen LogP contribution in [0.1, 0.15) is 74.1 Å². The van der Waals surface area contributed by atoms with E-state index >= 15 is 0 Å². The molecule has 458 valence electrons. The topological polar surface area (TPSA) is 455 Å². The maximum Gasteiger partial charge on any atom is 0.229 e. The van der Waals surface area contributed by atoms with Crippen molar-refractivity contribution >= 4 is 0 Å². The lowest BCUT2D eigenvalue weighted by atomic mass is 9.93. The fraction of sp³-hybridized carbons (Fsp3) is 0.880. The Bertz CT molecular complexity index is 1980. The van der Waals surface area contributed by atoms with Crippen LogP contribution in [-0.2, 0) is 56.8 Å². The molecule has 29 nitrogen and oxygen atoms in total. The molecule has 0 amide bonds. The van der Waals surface area contributed by atoms with Crippen LogP contribution in [-0.4, -0.2) is 291 Å². The minimum Gasteiger partial charge on any atom is -0.470 e. The van der Waals surface area contributed by atoms with Gasteiger partial charge in [0.15, 0.2) is 43.7 Å². The summed E-state index contributed by atoms with van der Waals surface area (Å²) in [5.74, 6) is -3.06. The van der Waals surface area contributed by atoms with Gasteiger partial charge in [-0.2, -0.15) is 0 Å². The van der Waals surface area contributed by atoms with Gasteiger partial charge in [-0.25, -0.2) is 0 Å². The Labute approximate surface area is 455 Å².